The van der Waals surface area contributed by atoms with E-state index in [4.69, 9.17) is 0 Å². The molecule has 2 aromatic carbocycles. The van der Waals surface area contributed by atoms with Crippen molar-refractivity contribution in [1.82, 2.24) is 10.3 Å². The molecule has 0 fully saturated rings. The highest BCUT2D eigenvalue weighted by Crippen LogP contribution is 2.22. The number of nitrogens with zero attached hydrogens (tertiary/aromatic N) is 1. The summed E-state index contributed by atoms with van der Waals surface area (Å²) in [6.45, 7) is 1.95. The number of halogens is 3. The zero-order chi connectivity index (χ0) is 18.7. The molecule has 0 radical (unpaired) electrons. The molecule has 1 amide bonds. The average molecular weight is 420 g/mol. The first-order chi connectivity index (χ1) is 12.4. The van der Waals surface area contributed by atoms with Crippen LogP contribution in [-0.4, -0.2) is 15.8 Å². The molecule has 0 aliphatic heterocycles. The fourth-order valence-corrected chi connectivity index (χ4v) is 2.73. The lowest BCUT2D eigenvalue weighted by Crippen LogP contribution is -2.25. The number of rotatable bonds is 5. The number of amides is 1. The number of benzene rings is 2. The zero-order valence-corrected chi connectivity index (χ0v) is 15.5. The van der Waals surface area contributed by atoms with Gasteiger partial charge in [-0.25, -0.2) is 13.8 Å². The molecule has 7 heteroatoms. The molecule has 0 aliphatic rings. The van der Waals surface area contributed by atoms with Crippen LogP contribution in [0.4, 0.5) is 14.6 Å². The quantitative estimate of drug-likeness (QED) is 0.469. The van der Waals surface area contributed by atoms with Crippen LogP contribution in [0.3, 0.4) is 0 Å². The minimum atomic E-state index is -0.945. The number of para-hydroxylation sites is 1. The molecule has 4 nitrogen and oxygen atoms in total. The molecule has 2 N–H and O–H groups in total. The number of hydrogen-bond acceptors (Lipinski definition) is 3. The number of fused-ring (bicyclic) bond motifs is 1. The van der Waals surface area contributed by atoms with Crippen molar-refractivity contribution in [3.63, 3.8) is 0 Å². The number of anilines is 1. The second-order valence-corrected chi connectivity index (χ2v) is 7.14. The Morgan fingerprint density at radius 2 is 1.92 bits per heavy atom. The fourth-order valence-electron chi connectivity index (χ4n) is 2.51. The van der Waals surface area contributed by atoms with E-state index in [1.165, 1.54) is 6.07 Å². The number of carbonyl (C=O) groups is 1. The number of pyridine rings is 1. The molecule has 3 aromatic rings. The molecular formula is C19H16BrF2N3O. The lowest BCUT2D eigenvalue weighted by Gasteiger charge is -2.14. The van der Waals surface area contributed by atoms with Crippen LogP contribution >= 0.6 is 15.9 Å². The Morgan fingerprint density at radius 1 is 1.15 bits per heavy atom. The van der Waals surface area contributed by atoms with E-state index >= 15 is 0 Å². The topological polar surface area (TPSA) is 54.0 Å². The number of alkyl halides is 1. The summed E-state index contributed by atoms with van der Waals surface area (Å²) in [5.41, 5.74) is 1.60. The van der Waals surface area contributed by atoms with Gasteiger partial charge in [-0.05, 0) is 36.8 Å². The van der Waals surface area contributed by atoms with Gasteiger partial charge in [0.1, 0.15) is 5.82 Å². The molecule has 3 rings (SSSR count). The Kier molecular flexibility index (Phi) is 5.46. The molecule has 26 heavy (non-hydrogen) atoms. The lowest BCUT2D eigenvalue weighted by atomic mass is 10.1. The van der Waals surface area contributed by atoms with Crippen LogP contribution in [0.25, 0.3) is 10.9 Å². The monoisotopic (exact) mass is 419 g/mol. The first-order valence-electron chi connectivity index (χ1n) is 7.96. The summed E-state index contributed by atoms with van der Waals surface area (Å²) in [6.07, 6.45) is 0. The van der Waals surface area contributed by atoms with Crippen LogP contribution < -0.4 is 10.6 Å². The van der Waals surface area contributed by atoms with Gasteiger partial charge in [0.2, 0.25) is 0 Å². The Balaban J connectivity index is 1.86. The van der Waals surface area contributed by atoms with Crippen molar-refractivity contribution in [2.24, 2.45) is 0 Å². The van der Waals surface area contributed by atoms with Crippen LogP contribution in [0.2, 0.25) is 0 Å². The molecule has 0 saturated heterocycles. The van der Waals surface area contributed by atoms with E-state index in [-0.39, 0.29) is 17.4 Å². The molecule has 0 saturated carbocycles. The van der Waals surface area contributed by atoms with Gasteiger partial charge in [-0.3, -0.25) is 4.79 Å². The summed E-state index contributed by atoms with van der Waals surface area (Å²) < 4.78 is 26.3. The maximum absolute atomic E-state index is 13.3. The Labute approximate surface area is 157 Å². The molecule has 1 atom stereocenters. The number of hydrogen-bond donors (Lipinski definition) is 2. The molecule has 0 spiro atoms. The molecule has 134 valence electrons. The normalized spacial score (nSPS) is 12.0. The Bertz CT molecular complexity index is 963. The van der Waals surface area contributed by atoms with Crippen LogP contribution in [-0.2, 0) is 6.54 Å². The van der Waals surface area contributed by atoms with Gasteiger partial charge in [0.25, 0.3) is 5.91 Å². The standard InChI is InChI=1S/C19H16BrF2N3O/c1-11(20)24-18-14(9-13-4-2-3-5-17(13)25-18)19(26)23-10-12-6-7-15(21)16(22)8-12/h2-9,11H,10H2,1H3,(H,23,26)(H,24,25). The highest BCUT2D eigenvalue weighted by atomic mass is 79.9. The van der Waals surface area contributed by atoms with Crippen molar-refractivity contribution in [3.8, 4) is 0 Å². The minimum Gasteiger partial charge on any atom is -0.357 e. The van der Waals surface area contributed by atoms with E-state index in [0.29, 0.717) is 16.9 Å². The third-order valence-corrected chi connectivity index (χ3v) is 3.97. The number of carbonyl (C=O) groups excluding carboxylic acids is 1. The van der Waals surface area contributed by atoms with E-state index in [9.17, 15) is 13.6 Å². The van der Waals surface area contributed by atoms with E-state index in [0.717, 1.165) is 23.0 Å². The van der Waals surface area contributed by atoms with Crippen molar-refractivity contribution in [2.75, 3.05) is 5.32 Å². The largest absolute Gasteiger partial charge is 0.357 e. The van der Waals surface area contributed by atoms with Crippen LogP contribution in [0.15, 0.2) is 48.5 Å². The lowest BCUT2D eigenvalue weighted by molar-refractivity contribution is 0.0951. The first kappa shape index (κ1) is 18.3. The van der Waals surface area contributed by atoms with Gasteiger partial charge < -0.3 is 10.6 Å². The maximum Gasteiger partial charge on any atom is 0.255 e. The smallest absolute Gasteiger partial charge is 0.255 e. The van der Waals surface area contributed by atoms with Gasteiger partial charge in [-0.2, -0.15) is 0 Å². The van der Waals surface area contributed by atoms with Crippen molar-refractivity contribution < 1.29 is 13.6 Å². The predicted octanol–water partition coefficient (Wildman–Crippen LogP) is 4.60. The summed E-state index contributed by atoms with van der Waals surface area (Å²) in [5, 5.41) is 6.64. The van der Waals surface area contributed by atoms with Gasteiger partial charge in [0, 0.05) is 11.9 Å². The van der Waals surface area contributed by atoms with E-state index in [1.807, 2.05) is 31.2 Å². The highest BCUT2D eigenvalue weighted by Gasteiger charge is 2.15. The molecule has 1 unspecified atom stereocenters. The maximum atomic E-state index is 13.3. The van der Waals surface area contributed by atoms with Crippen LogP contribution in [0.1, 0.15) is 22.8 Å². The Morgan fingerprint density at radius 3 is 2.65 bits per heavy atom. The predicted molar refractivity (Wildman–Crippen MR) is 101 cm³/mol. The third kappa shape index (κ3) is 4.16. The summed E-state index contributed by atoms with van der Waals surface area (Å²) >= 11 is 3.39. The van der Waals surface area contributed by atoms with Gasteiger partial charge in [0.15, 0.2) is 11.6 Å². The average Bonchev–Trinajstić information content (AvgIpc) is 2.61. The fraction of sp³-hybridized carbons (Fsp3) is 0.158. The minimum absolute atomic E-state index is 0.0756. The number of aromatic nitrogens is 1. The summed E-state index contributed by atoms with van der Waals surface area (Å²) in [5.74, 6) is -1.78. The van der Waals surface area contributed by atoms with Crippen molar-refractivity contribution in [3.05, 3.63) is 71.3 Å². The summed E-state index contributed by atoms with van der Waals surface area (Å²) in [7, 11) is 0. The Hall–Kier alpha value is -2.54. The number of nitrogens with one attached hydrogen (secondary N) is 2. The summed E-state index contributed by atoms with van der Waals surface area (Å²) in [6, 6.07) is 12.8. The first-order valence-corrected chi connectivity index (χ1v) is 8.88. The molecular weight excluding hydrogens is 404 g/mol. The molecule has 0 bridgehead atoms. The van der Waals surface area contributed by atoms with E-state index in [1.54, 1.807) is 6.07 Å². The van der Waals surface area contributed by atoms with Crippen molar-refractivity contribution in [2.45, 2.75) is 18.4 Å². The second kappa shape index (κ2) is 7.78. The van der Waals surface area contributed by atoms with Gasteiger partial charge in [-0.15, -0.1) is 0 Å². The van der Waals surface area contributed by atoms with E-state index < -0.39 is 11.6 Å². The zero-order valence-electron chi connectivity index (χ0n) is 13.9. The molecule has 1 aromatic heterocycles. The van der Waals surface area contributed by atoms with Crippen LogP contribution in [0.5, 0.6) is 0 Å². The van der Waals surface area contributed by atoms with Gasteiger partial charge >= 0.3 is 0 Å². The molecule has 1 heterocycles. The second-order valence-electron chi connectivity index (χ2n) is 5.77. The van der Waals surface area contributed by atoms with Crippen LogP contribution in [0, 0.1) is 11.6 Å². The summed E-state index contributed by atoms with van der Waals surface area (Å²) in [4.78, 5) is 17.1. The molecule has 0 aliphatic carbocycles. The van der Waals surface area contributed by atoms with Gasteiger partial charge in [-0.1, -0.05) is 40.2 Å². The van der Waals surface area contributed by atoms with Crippen molar-refractivity contribution >= 4 is 38.6 Å². The van der Waals surface area contributed by atoms with Crippen molar-refractivity contribution in [1.29, 1.82) is 0 Å². The van der Waals surface area contributed by atoms with Gasteiger partial charge in [0.05, 0.1) is 16.0 Å². The highest BCUT2D eigenvalue weighted by molar-refractivity contribution is 9.09. The third-order valence-electron chi connectivity index (χ3n) is 3.74. The SMILES string of the molecule is CC(Br)Nc1nc2ccccc2cc1C(=O)NCc1ccc(F)c(F)c1. The van der Waals surface area contributed by atoms with E-state index in [2.05, 4.69) is 31.5 Å².